The molecule has 0 aromatic carbocycles. The summed E-state index contributed by atoms with van der Waals surface area (Å²) in [7, 11) is 0. The molecule has 0 spiro atoms. The fourth-order valence-electron chi connectivity index (χ4n) is 2.89. The standard InChI is InChI=1S/C15H27N3O3/c1-11(20)14(9-12-5-3-2-4-6-12)18-15(21)13(7-8-16)17-10-19/h10,12-14H,2-9,16H2,1H3,(H,17,19)(H,18,21)/t13-,14-/m0/s1. The zero-order valence-electron chi connectivity index (χ0n) is 12.8. The minimum Gasteiger partial charge on any atom is -0.347 e. The highest BCUT2D eigenvalue weighted by molar-refractivity contribution is 5.90. The zero-order chi connectivity index (χ0) is 15.7. The van der Waals surface area contributed by atoms with Gasteiger partial charge in [-0.15, -0.1) is 0 Å². The van der Waals surface area contributed by atoms with E-state index in [0.29, 0.717) is 31.7 Å². The number of ketones is 1. The van der Waals surface area contributed by atoms with E-state index in [1.165, 1.54) is 26.2 Å². The molecule has 0 radical (unpaired) electrons. The van der Waals surface area contributed by atoms with Crippen molar-refractivity contribution in [3.8, 4) is 0 Å². The van der Waals surface area contributed by atoms with E-state index in [1.807, 2.05) is 0 Å². The minimum atomic E-state index is -0.666. The highest BCUT2D eigenvalue weighted by atomic mass is 16.2. The molecule has 1 saturated carbocycles. The number of nitrogens with one attached hydrogen (secondary N) is 2. The lowest BCUT2D eigenvalue weighted by molar-refractivity contribution is -0.129. The van der Waals surface area contributed by atoms with E-state index in [2.05, 4.69) is 10.6 Å². The summed E-state index contributed by atoms with van der Waals surface area (Å²) in [6, 6.07) is -1.13. The van der Waals surface area contributed by atoms with Crippen LogP contribution in [0.1, 0.15) is 51.9 Å². The predicted molar refractivity (Wildman–Crippen MR) is 80.5 cm³/mol. The third-order valence-corrected chi connectivity index (χ3v) is 4.14. The number of nitrogens with two attached hydrogens (primary N) is 1. The van der Waals surface area contributed by atoms with Gasteiger partial charge in [-0.1, -0.05) is 32.1 Å². The second kappa shape index (κ2) is 9.50. The molecular weight excluding hydrogens is 270 g/mol. The van der Waals surface area contributed by atoms with Crippen LogP contribution in [-0.4, -0.2) is 36.7 Å². The highest BCUT2D eigenvalue weighted by Gasteiger charge is 2.26. The maximum Gasteiger partial charge on any atom is 0.243 e. The van der Waals surface area contributed by atoms with Crippen molar-refractivity contribution in [2.75, 3.05) is 6.54 Å². The van der Waals surface area contributed by atoms with E-state index in [4.69, 9.17) is 5.73 Å². The van der Waals surface area contributed by atoms with Crippen LogP contribution in [0.5, 0.6) is 0 Å². The second-order valence-corrected chi connectivity index (χ2v) is 5.83. The summed E-state index contributed by atoms with van der Waals surface area (Å²) in [6.07, 6.45) is 7.45. The average Bonchev–Trinajstić information content (AvgIpc) is 2.47. The van der Waals surface area contributed by atoms with Crippen molar-refractivity contribution in [1.82, 2.24) is 10.6 Å². The average molecular weight is 297 g/mol. The van der Waals surface area contributed by atoms with Crippen LogP contribution in [0.3, 0.4) is 0 Å². The summed E-state index contributed by atoms with van der Waals surface area (Å²) in [6.45, 7) is 1.80. The first-order valence-corrected chi connectivity index (χ1v) is 7.79. The molecular formula is C15H27N3O3. The summed E-state index contributed by atoms with van der Waals surface area (Å²) >= 11 is 0. The van der Waals surface area contributed by atoms with Crippen molar-refractivity contribution in [3.63, 3.8) is 0 Å². The van der Waals surface area contributed by atoms with Crippen LogP contribution in [-0.2, 0) is 14.4 Å². The molecule has 0 bridgehead atoms. The maximum atomic E-state index is 12.1. The van der Waals surface area contributed by atoms with Gasteiger partial charge in [-0.05, 0) is 32.2 Å². The molecule has 21 heavy (non-hydrogen) atoms. The lowest BCUT2D eigenvalue weighted by atomic mass is 9.84. The predicted octanol–water partition coefficient (Wildman–Crippen LogP) is 0.494. The first-order chi connectivity index (χ1) is 10.1. The molecule has 1 aliphatic rings. The molecule has 2 atom stereocenters. The van der Waals surface area contributed by atoms with Crippen LogP contribution in [0, 0.1) is 5.92 Å². The lowest BCUT2D eigenvalue weighted by Crippen LogP contribution is -2.50. The van der Waals surface area contributed by atoms with Gasteiger partial charge in [-0.25, -0.2) is 0 Å². The summed E-state index contributed by atoms with van der Waals surface area (Å²) in [4.78, 5) is 34.4. The Bertz CT molecular complexity index is 354. The van der Waals surface area contributed by atoms with Gasteiger partial charge in [0.1, 0.15) is 6.04 Å². The third-order valence-electron chi connectivity index (χ3n) is 4.14. The first kappa shape index (κ1) is 17.6. The van der Waals surface area contributed by atoms with Crippen molar-refractivity contribution in [2.45, 2.75) is 64.0 Å². The maximum absolute atomic E-state index is 12.1. The van der Waals surface area contributed by atoms with Crippen molar-refractivity contribution < 1.29 is 14.4 Å². The summed E-state index contributed by atoms with van der Waals surface area (Å²) < 4.78 is 0. The highest BCUT2D eigenvalue weighted by Crippen LogP contribution is 2.27. The Morgan fingerprint density at radius 3 is 2.43 bits per heavy atom. The van der Waals surface area contributed by atoms with Crippen LogP contribution in [0.4, 0.5) is 0 Å². The minimum absolute atomic E-state index is 0.0356. The normalized spacial score (nSPS) is 18.6. The molecule has 0 unspecified atom stereocenters. The molecule has 2 amide bonds. The van der Waals surface area contributed by atoms with E-state index in [9.17, 15) is 14.4 Å². The van der Waals surface area contributed by atoms with E-state index in [-0.39, 0.29) is 11.7 Å². The fourth-order valence-corrected chi connectivity index (χ4v) is 2.89. The summed E-state index contributed by atoms with van der Waals surface area (Å²) in [5, 5.41) is 5.22. The van der Waals surface area contributed by atoms with Gasteiger partial charge in [0.25, 0.3) is 0 Å². The number of amides is 2. The van der Waals surface area contributed by atoms with E-state index in [0.717, 1.165) is 12.8 Å². The molecule has 4 N–H and O–H groups in total. The van der Waals surface area contributed by atoms with Crippen molar-refractivity contribution in [1.29, 1.82) is 0 Å². The van der Waals surface area contributed by atoms with Crippen molar-refractivity contribution in [2.24, 2.45) is 11.7 Å². The number of Topliss-reactive ketones (excluding diaryl/α,β-unsaturated/α-hetero) is 1. The van der Waals surface area contributed by atoms with E-state index in [1.54, 1.807) is 0 Å². The molecule has 0 aliphatic heterocycles. The second-order valence-electron chi connectivity index (χ2n) is 5.83. The third kappa shape index (κ3) is 6.25. The lowest BCUT2D eigenvalue weighted by Gasteiger charge is -2.27. The molecule has 1 aliphatic carbocycles. The molecule has 1 fully saturated rings. The SMILES string of the molecule is CC(=O)[C@H](CC1CCCCC1)NC(=O)[C@H](CCN)NC=O. The van der Waals surface area contributed by atoms with Crippen molar-refractivity contribution in [3.05, 3.63) is 0 Å². The molecule has 0 saturated heterocycles. The Hall–Kier alpha value is -1.43. The van der Waals surface area contributed by atoms with Gasteiger partial charge in [0.05, 0.1) is 6.04 Å². The van der Waals surface area contributed by atoms with Gasteiger partial charge >= 0.3 is 0 Å². The Labute approximate surface area is 126 Å². The largest absolute Gasteiger partial charge is 0.347 e. The van der Waals surface area contributed by atoms with Crippen LogP contribution in [0.2, 0.25) is 0 Å². The number of carbonyl (C=O) groups is 3. The van der Waals surface area contributed by atoms with E-state index < -0.39 is 12.1 Å². The molecule has 0 aromatic heterocycles. The Morgan fingerprint density at radius 2 is 1.90 bits per heavy atom. The smallest absolute Gasteiger partial charge is 0.243 e. The molecule has 6 nitrogen and oxygen atoms in total. The van der Waals surface area contributed by atoms with Gasteiger partial charge in [0, 0.05) is 0 Å². The van der Waals surface area contributed by atoms with Gasteiger partial charge in [0.15, 0.2) is 5.78 Å². The number of rotatable bonds is 9. The summed E-state index contributed by atoms with van der Waals surface area (Å²) in [5.74, 6) is 0.134. The molecule has 0 heterocycles. The van der Waals surface area contributed by atoms with Gasteiger partial charge < -0.3 is 16.4 Å². The Morgan fingerprint density at radius 1 is 1.24 bits per heavy atom. The number of hydrogen-bond donors (Lipinski definition) is 3. The molecule has 1 rings (SSSR count). The zero-order valence-corrected chi connectivity index (χ0v) is 12.8. The molecule has 0 aromatic rings. The van der Waals surface area contributed by atoms with E-state index >= 15 is 0 Å². The van der Waals surface area contributed by atoms with Crippen LogP contribution >= 0.6 is 0 Å². The monoisotopic (exact) mass is 297 g/mol. The fraction of sp³-hybridized carbons (Fsp3) is 0.800. The molecule has 120 valence electrons. The topological polar surface area (TPSA) is 101 Å². The van der Waals surface area contributed by atoms with Crippen LogP contribution in [0.25, 0.3) is 0 Å². The number of carbonyl (C=O) groups excluding carboxylic acids is 3. The summed E-state index contributed by atoms with van der Waals surface area (Å²) in [5.41, 5.74) is 5.43. The number of hydrogen-bond acceptors (Lipinski definition) is 4. The Balaban J connectivity index is 2.56. The van der Waals surface area contributed by atoms with Gasteiger partial charge in [0.2, 0.25) is 12.3 Å². The van der Waals surface area contributed by atoms with Crippen LogP contribution in [0.15, 0.2) is 0 Å². The Kier molecular flexibility index (Phi) is 7.97. The van der Waals surface area contributed by atoms with Gasteiger partial charge in [-0.2, -0.15) is 0 Å². The van der Waals surface area contributed by atoms with Crippen molar-refractivity contribution >= 4 is 18.1 Å². The van der Waals surface area contributed by atoms with Gasteiger partial charge in [-0.3, -0.25) is 14.4 Å². The quantitative estimate of drug-likeness (QED) is 0.539. The van der Waals surface area contributed by atoms with Crippen LogP contribution < -0.4 is 16.4 Å². The first-order valence-electron chi connectivity index (χ1n) is 7.79. The molecule has 6 heteroatoms.